The van der Waals surface area contributed by atoms with E-state index in [0.29, 0.717) is 25.9 Å². The van der Waals surface area contributed by atoms with Crippen molar-refractivity contribution in [3.05, 3.63) is 65.5 Å². The fraction of sp³-hybridized carbons (Fsp3) is 0.400. The van der Waals surface area contributed by atoms with E-state index < -0.39 is 5.60 Å². The van der Waals surface area contributed by atoms with Gasteiger partial charge in [-0.2, -0.15) is 0 Å². The monoisotopic (exact) mass is 339 g/mol. The number of carbonyl (C=O) groups excluding carboxylic acids is 1. The Morgan fingerprint density at radius 1 is 1.32 bits per heavy atom. The molecule has 2 amide bonds. The molecule has 2 aromatic rings. The smallest absolute Gasteiger partial charge is 0.318 e. The highest BCUT2D eigenvalue weighted by atomic mass is 16.3. The highest BCUT2D eigenvalue weighted by Gasteiger charge is 2.34. The van der Waals surface area contributed by atoms with Gasteiger partial charge in [0.2, 0.25) is 0 Å². The van der Waals surface area contributed by atoms with Crippen LogP contribution in [0.1, 0.15) is 36.2 Å². The molecule has 2 N–H and O–H groups in total. The normalized spacial score (nSPS) is 21.2. The summed E-state index contributed by atoms with van der Waals surface area (Å²) >= 11 is 0. The second-order valence-corrected chi connectivity index (χ2v) is 7.11. The molecule has 0 aliphatic carbocycles. The SMILES string of the molecule is Cc1ccc(CC(NC(=O)N2CCC(C)(O)C2)c2ccccn2)cc1. The number of rotatable bonds is 4. The third-order valence-electron chi connectivity index (χ3n) is 4.64. The quantitative estimate of drug-likeness (QED) is 0.900. The molecular formula is C20H25N3O2. The van der Waals surface area contributed by atoms with Crippen molar-refractivity contribution in [2.24, 2.45) is 0 Å². The number of β-amino-alcohol motifs (C(OH)–C–C–N with tert-alkyl or cyclic N) is 1. The molecule has 0 radical (unpaired) electrons. The summed E-state index contributed by atoms with van der Waals surface area (Å²) in [5.74, 6) is 0. The van der Waals surface area contributed by atoms with Crippen molar-refractivity contribution in [3.63, 3.8) is 0 Å². The summed E-state index contributed by atoms with van der Waals surface area (Å²) in [6, 6.07) is 13.7. The number of pyridine rings is 1. The summed E-state index contributed by atoms with van der Waals surface area (Å²) in [6.07, 6.45) is 3.02. The maximum absolute atomic E-state index is 12.6. The van der Waals surface area contributed by atoms with Crippen molar-refractivity contribution in [1.82, 2.24) is 15.2 Å². The topological polar surface area (TPSA) is 65.5 Å². The van der Waals surface area contributed by atoms with E-state index in [0.717, 1.165) is 11.3 Å². The van der Waals surface area contributed by atoms with Crippen molar-refractivity contribution in [2.75, 3.05) is 13.1 Å². The van der Waals surface area contributed by atoms with Crippen molar-refractivity contribution in [2.45, 2.75) is 38.3 Å². The number of hydrogen-bond acceptors (Lipinski definition) is 3. The Morgan fingerprint density at radius 2 is 2.08 bits per heavy atom. The Morgan fingerprint density at radius 3 is 2.68 bits per heavy atom. The van der Waals surface area contributed by atoms with Crippen LogP contribution in [0.25, 0.3) is 0 Å². The van der Waals surface area contributed by atoms with Crippen LogP contribution in [0.2, 0.25) is 0 Å². The Balaban J connectivity index is 1.75. The first kappa shape index (κ1) is 17.4. The van der Waals surface area contributed by atoms with E-state index >= 15 is 0 Å². The average molecular weight is 339 g/mol. The Bertz CT molecular complexity index is 713. The fourth-order valence-electron chi connectivity index (χ4n) is 3.13. The minimum atomic E-state index is -0.797. The van der Waals surface area contributed by atoms with Crippen LogP contribution < -0.4 is 5.32 Å². The zero-order valence-electron chi connectivity index (χ0n) is 14.8. The van der Waals surface area contributed by atoms with Gasteiger partial charge in [0, 0.05) is 12.7 Å². The molecule has 25 heavy (non-hydrogen) atoms. The number of carbonyl (C=O) groups is 1. The van der Waals surface area contributed by atoms with E-state index in [1.165, 1.54) is 5.56 Å². The number of likely N-dealkylation sites (tertiary alicyclic amines) is 1. The van der Waals surface area contributed by atoms with Crippen molar-refractivity contribution in [3.8, 4) is 0 Å². The van der Waals surface area contributed by atoms with Gasteiger partial charge in [-0.25, -0.2) is 4.79 Å². The van der Waals surface area contributed by atoms with Gasteiger partial charge in [-0.1, -0.05) is 35.9 Å². The van der Waals surface area contributed by atoms with Gasteiger partial charge in [0.05, 0.1) is 23.9 Å². The highest BCUT2D eigenvalue weighted by Crippen LogP contribution is 2.22. The molecule has 3 rings (SSSR count). The molecule has 1 fully saturated rings. The zero-order valence-corrected chi connectivity index (χ0v) is 14.8. The molecule has 2 heterocycles. The largest absolute Gasteiger partial charge is 0.388 e. The molecule has 1 aromatic carbocycles. The summed E-state index contributed by atoms with van der Waals surface area (Å²) in [5.41, 5.74) is 2.40. The lowest BCUT2D eigenvalue weighted by atomic mass is 10.0. The molecule has 5 nitrogen and oxygen atoms in total. The number of benzene rings is 1. The predicted molar refractivity (Wildman–Crippen MR) is 97.2 cm³/mol. The van der Waals surface area contributed by atoms with E-state index in [2.05, 4.69) is 41.5 Å². The van der Waals surface area contributed by atoms with Gasteiger partial charge in [-0.3, -0.25) is 4.98 Å². The van der Waals surface area contributed by atoms with E-state index in [1.54, 1.807) is 18.0 Å². The number of amides is 2. The molecule has 1 aromatic heterocycles. The zero-order chi connectivity index (χ0) is 17.9. The molecule has 0 spiro atoms. The van der Waals surface area contributed by atoms with Crippen molar-refractivity contribution in [1.29, 1.82) is 0 Å². The third-order valence-corrected chi connectivity index (χ3v) is 4.64. The van der Waals surface area contributed by atoms with Crippen LogP contribution in [-0.2, 0) is 6.42 Å². The van der Waals surface area contributed by atoms with Crippen molar-refractivity contribution >= 4 is 6.03 Å². The number of nitrogens with zero attached hydrogens (tertiary/aromatic N) is 2. The number of nitrogens with one attached hydrogen (secondary N) is 1. The standard InChI is InChI=1S/C20H25N3O2/c1-15-6-8-16(9-7-15)13-18(17-5-3-4-11-21-17)22-19(24)23-12-10-20(2,25)14-23/h3-9,11,18,25H,10,12-14H2,1-2H3,(H,22,24). The maximum atomic E-state index is 12.6. The van der Waals surface area contributed by atoms with Crippen molar-refractivity contribution < 1.29 is 9.90 Å². The van der Waals surface area contributed by atoms with Crippen LogP contribution in [0, 0.1) is 6.92 Å². The van der Waals surface area contributed by atoms with Crippen LogP contribution in [0.15, 0.2) is 48.7 Å². The molecule has 1 aliphatic rings. The lowest BCUT2D eigenvalue weighted by Gasteiger charge is -2.24. The van der Waals surface area contributed by atoms with E-state index in [-0.39, 0.29) is 12.1 Å². The molecule has 132 valence electrons. The fourth-order valence-corrected chi connectivity index (χ4v) is 3.13. The minimum Gasteiger partial charge on any atom is -0.388 e. The summed E-state index contributed by atoms with van der Waals surface area (Å²) in [6.45, 7) is 4.75. The third kappa shape index (κ3) is 4.57. The lowest BCUT2D eigenvalue weighted by molar-refractivity contribution is 0.0717. The average Bonchev–Trinajstić information content (AvgIpc) is 2.97. The highest BCUT2D eigenvalue weighted by molar-refractivity contribution is 5.75. The summed E-state index contributed by atoms with van der Waals surface area (Å²) in [5, 5.41) is 13.2. The molecule has 5 heteroatoms. The molecule has 0 saturated carbocycles. The number of aryl methyl sites for hydroxylation is 1. The first-order valence-electron chi connectivity index (χ1n) is 8.67. The van der Waals surface area contributed by atoms with Crippen LogP contribution in [-0.4, -0.2) is 39.7 Å². The van der Waals surface area contributed by atoms with Crippen LogP contribution in [0.5, 0.6) is 0 Å². The van der Waals surface area contributed by atoms with Gasteiger partial charge in [-0.15, -0.1) is 0 Å². The molecule has 1 saturated heterocycles. The van der Waals surface area contributed by atoms with Gasteiger partial charge in [0.1, 0.15) is 0 Å². The Hall–Kier alpha value is -2.40. The van der Waals surface area contributed by atoms with Crippen LogP contribution in [0.4, 0.5) is 4.79 Å². The molecular weight excluding hydrogens is 314 g/mol. The predicted octanol–water partition coefficient (Wildman–Crippen LogP) is 2.84. The van der Waals surface area contributed by atoms with Gasteiger partial charge >= 0.3 is 6.03 Å². The molecule has 0 bridgehead atoms. The van der Waals surface area contributed by atoms with Crippen LogP contribution >= 0.6 is 0 Å². The Labute approximate surface area is 148 Å². The first-order valence-corrected chi connectivity index (χ1v) is 8.67. The second kappa shape index (κ2) is 7.23. The minimum absolute atomic E-state index is 0.152. The lowest BCUT2D eigenvalue weighted by Crippen LogP contribution is -2.42. The molecule has 1 aliphatic heterocycles. The van der Waals surface area contributed by atoms with Gasteiger partial charge in [0.25, 0.3) is 0 Å². The molecule has 2 atom stereocenters. The Kier molecular flexibility index (Phi) is 5.04. The van der Waals surface area contributed by atoms with Gasteiger partial charge in [-0.05, 0) is 44.4 Å². The van der Waals surface area contributed by atoms with E-state index in [9.17, 15) is 9.90 Å². The number of urea groups is 1. The number of hydrogen-bond donors (Lipinski definition) is 2. The van der Waals surface area contributed by atoms with Gasteiger partial charge in [0.15, 0.2) is 0 Å². The van der Waals surface area contributed by atoms with Crippen LogP contribution in [0.3, 0.4) is 0 Å². The summed E-state index contributed by atoms with van der Waals surface area (Å²) < 4.78 is 0. The number of aliphatic hydroxyl groups is 1. The van der Waals surface area contributed by atoms with E-state index in [4.69, 9.17) is 0 Å². The maximum Gasteiger partial charge on any atom is 0.318 e. The summed E-state index contributed by atoms with van der Waals surface area (Å²) in [4.78, 5) is 18.7. The molecule has 2 unspecified atom stereocenters. The first-order chi connectivity index (χ1) is 11.9. The summed E-state index contributed by atoms with van der Waals surface area (Å²) in [7, 11) is 0. The van der Waals surface area contributed by atoms with Gasteiger partial charge < -0.3 is 15.3 Å². The van der Waals surface area contributed by atoms with E-state index in [1.807, 2.05) is 18.2 Å². The number of aromatic nitrogens is 1. The second-order valence-electron chi connectivity index (χ2n) is 7.11.